The maximum absolute atomic E-state index is 13.5. The van der Waals surface area contributed by atoms with Crippen LogP contribution in [0.2, 0.25) is 5.02 Å². The summed E-state index contributed by atoms with van der Waals surface area (Å²) in [5, 5.41) is 2.85. The smallest absolute Gasteiger partial charge is 0.255 e. The van der Waals surface area contributed by atoms with Gasteiger partial charge in [0.15, 0.2) is 0 Å². The second-order valence-electron chi connectivity index (χ2n) is 4.21. The molecule has 0 aromatic heterocycles. The highest BCUT2D eigenvalue weighted by molar-refractivity contribution is 6.31. The second-order valence-corrected chi connectivity index (χ2v) is 4.65. The lowest BCUT2D eigenvalue weighted by molar-refractivity contribution is 0.102. The fourth-order valence-corrected chi connectivity index (χ4v) is 1.92. The van der Waals surface area contributed by atoms with E-state index in [1.807, 2.05) is 6.92 Å². The van der Waals surface area contributed by atoms with E-state index in [4.69, 9.17) is 17.3 Å². The van der Waals surface area contributed by atoms with Crippen molar-refractivity contribution in [2.45, 2.75) is 6.92 Å². The van der Waals surface area contributed by atoms with Gasteiger partial charge in [-0.15, -0.1) is 0 Å². The van der Waals surface area contributed by atoms with Crippen molar-refractivity contribution in [1.82, 2.24) is 0 Å². The quantitative estimate of drug-likeness (QED) is 0.824. The standard InChI is InChI=1S/C14H12ClFN2O/c1-8-2-3-12(16)13(4-8)18-14(19)9-5-10(15)7-11(17)6-9/h2-7H,17H2,1H3,(H,18,19). The third kappa shape index (κ3) is 3.23. The zero-order valence-electron chi connectivity index (χ0n) is 10.2. The van der Waals surface area contributed by atoms with Crippen LogP contribution >= 0.6 is 11.6 Å². The lowest BCUT2D eigenvalue weighted by Gasteiger charge is -2.08. The Balaban J connectivity index is 2.28. The lowest BCUT2D eigenvalue weighted by atomic mass is 10.1. The molecule has 98 valence electrons. The van der Waals surface area contributed by atoms with Crippen molar-refractivity contribution in [3.05, 3.63) is 58.4 Å². The van der Waals surface area contributed by atoms with Crippen molar-refractivity contribution in [2.75, 3.05) is 11.1 Å². The van der Waals surface area contributed by atoms with E-state index < -0.39 is 11.7 Å². The maximum atomic E-state index is 13.5. The molecule has 0 heterocycles. The van der Waals surface area contributed by atoms with Gasteiger partial charge in [-0.2, -0.15) is 0 Å². The van der Waals surface area contributed by atoms with E-state index in [0.29, 0.717) is 10.7 Å². The predicted octanol–water partition coefficient (Wildman–Crippen LogP) is 3.62. The van der Waals surface area contributed by atoms with E-state index >= 15 is 0 Å². The number of nitrogens with one attached hydrogen (secondary N) is 1. The minimum atomic E-state index is -0.492. The van der Waals surface area contributed by atoms with E-state index in [9.17, 15) is 9.18 Å². The van der Waals surface area contributed by atoms with E-state index in [1.165, 1.54) is 24.3 Å². The number of anilines is 2. The molecule has 2 aromatic carbocycles. The molecule has 1 amide bonds. The van der Waals surface area contributed by atoms with E-state index in [-0.39, 0.29) is 11.3 Å². The molecule has 0 saturated heterocycles. The molecule has 5 heteroatoms. The molecule has 0 aliphatic rings. The van der Waals surface area contributed by atoms with Crippen LogP contribution in [0.15, 0.2) is 36.4 Å². The van der Waals surface area contributed by atoms with Crippen LogP contribution in [0.4, 0.5) is 15.8 Å². The van der Waals surface area contributed by atoms with E-state index in [2.05, 4.69) is 5.32 Å². The van der Waals surface area contributed by atoms with Crippen LogP contribution in [0.3, 0.4) is 0 Å². The molecule has 0 radical (unpaired) electrons. The number of aryl methyl sites for hydroxylation is 1. The van der Waals surface area contributed by atoms with Gasteiger partial charge in [-0.3, -0.25) is 4.79 Å². The van der Waals surface area contributed by atoms with Crippen molar-refractivity contribution in [3.8, 4) is 0 Å². The lowest BCUT2D eigenvalue weighted by Crippen LogP contribution is -2.13. The SMILES string of the molecule is Cc1ccc(F)c(NC(=O)c2cc(N)cc(Cl)c2)c1. The highest BCUT2D eigenvalue weighted by Crippen LogP contribution is 2.20. The van der Waals surface area contributed by atoms with Gasteiger partial charge < -0.3 is 11.1 Å². The number of nitrogen functional groups attached to an aromatic ring is 1. The first-order chi connectivity index (χ1) is 8.95. The molecule has 2 aromatic rings. The minimum absolute atomic E-state index is 0.128. The number of hydrogen-bond donors (Lipinski definition) is 2. The Kier molecular flexibility index (Phi) is 3.71. The zero-order valence-corrected chi connectivity index (χ0v) is 11.0. The summed E-state index contributed by atoms with van der Waals surface area (Å²) < 4.78 is 13.5. The molecule has 3 nitrogen and oxygen atoms in total. The topological polar surface area (TPSA) is 55.1 Å². The number of carbonyl (C=O) groups is 1. The fourth-order valence-electron chi connectivity index (χ4n) is 1.67. The van der Waals surface area contributed by atoms with Gasteiger partial charge in [0.1, 0.15) is 5.82 Å². The Morgan fingerprint density at radius 3 is 2.68 bits per heavy atom. The summed E-state index contributed by atoms with van der Waals surface area (Å²) in [5.41, 5.74) is 7.24. The zero-order chi connectivity index (χ0) is 14.0. The van der Waals surface area contributed by atoms with Gasteiger partial charge in [-0.1, -0.05) is 17.7 Å². The molecule has 0 spiro atoms. The summed E-state index contributed by atoms with van der Waals surface area (Å²) in [6.07, 6.45) is 0. The van der Waals surface area contributed by atoms with Gasteiger partial charge in [0, 0.05) is 16.3 Å². The van der Waals surface area contributed by atoms with Crippen LogP contribution in [0, 0.1) is 12.7 Å². The van der Waals surface area contributed by atoms with Crippen LogP contribution < -0.4 is 11.1 Å². The first-order valence-corrected chi connectivity index (χ1v) is 5.97. The number of benzene rings is 2. The molecular formula is C14H12ClFN2O. The third-order valence-electron chi connectivity index (χ3n) is 2.55. The Hall–Kier alpha value is -2.07. The summed E-state index contributed by atoms with van der Waals surface area (Å²) in [6.45, 7) is 1.81. The molecule has 0 atom stereocenters. The average molecular weight is 279 g/mol. The Morgan fingerprint density at radius 2 is 2.00 bits per heavy atom. The van der Waals surface area contributed by atoms with Crippen LogP contribution in [0.1, 0.15) is 15.9 Å². The maximum Gasteiger partial charge on any atom is 0.255 e. The first-order valence-electron chi connectivity index (χ1n) is 5.59. The molecule has 0 saturated carbocycles. The van der Waals surface area contributed by atoms with Gasteiger partial charge in [-0.05, 0) is 42.8 Å². The number of nitrogens with two attached hydrogens (primary N) is 1. The molecule has 0 unspecified atom stereocenters. The Morgan fingerprint density at radius 1 is 1.26 bits per heavy atom. The van der Waals surface area contributed by atoms with Crippen molar-refractivity contribution < 1.29 is 9.18 Å². The summed E-state index contributed by atoms with van der Waals surface area (Å²) >= 11 is 5.82. The highest BCUT2D eigenvalue weighted by Gasteiger charge is 2.10. The van der Waals surface area contributed by atoms with Crippen molar-refractivity contribution in [1.29, 1.82) is 0 Å². The van der Waals surface area contributed by atoms with Crippen molar-refractivity contribution in [3.63, 3.8) is 0 Å². The molecule has 0 aliphatic heterocycles. The van der Waals surface area contributed by atoms with Gasteiger partial charge in [0.2, 0.25) is 0 Å². The monoisotopic (exact) mass is 278 g/mol. The molecule has 19 heavy (non-hydrogen) atoms. The number of hydrogen-bond acceptors (Lipinski definition) is 2. The molecule has 0 aliphatic carbocycles. The summed E-state index contributed by atoms with van der Waals surface area (Å²) in [4.78, 5) is 12.0. The fraction of sp³-hybridized carbons (Fsp3) is 0.0714. The Bertz CT molecular complexity index is 623. The van der Waals surface area contributed by atoms with Crippen molar-refractivity contribution >= 4 is 28.9 Å². The van der Waals surface area contributed by atoms with Gasteiger partial charge in [-0.25, -0.2) is 4.39 Å². The number of carbonyl (C=O) groups excluding carboxylic acids is 1. The Labute approximate surface area is 115 Å². The van der Waals surface area contributed by atoms with E-state index in [1.54, 1.807) is 12.1 Å². The first kappa shape index (κ1) is 13.4. The number of rotatable bonds is 2. The van der Waals surface area contributed by atoms with Crippen LogP contribution in [-0.4, -0.2) is 5.91 Å². The molecular weight excluding hydrogens is 267 g/mol. The van der Waals surface area contributed by atoms with Crippen LogP contribution in [0.5, 0.6) is 0 Å². The van der Waals surface area contributed by atoms with Gasteiger partial charge in [0.25, 0.3) is 5.91 Å². The summed E-state index contributed by atoms with van der Waals surface area (Å²) in [7, 11) is 0. The average Bonchev–Trinajstić information content (AvgIpc) is 2.32. The third-order valence-corrected chi connectivity index (χ3v) is 2.77. The van der Waals surface area contributed by atoms with E-state index in [0.717, 1.165) is 5.56 Å². The van der Waals surface area contributed by atoms with Gasteiger partial charge in [0.05, 0.1) is 5.69 Å². The van der Waals surface area contributed by atoms with Gasteiger partial charge >= 0.3 is 0 Å². The largest absolute Gasteiger partial charge is 0.399 e. The molecule has 2 rings (SSSR count). The molecule has 3 N–H and O–H groups in total. The molecule has 0 bridgehead atoms. The molecule has 0 fully saturated rings. The van der Waals surface area contributed by atoms with Crippen LogP contribution in [0.25, 0.3) is 0 Å². The number of amides is 1. The minimum Gasteiger partial charge on any atom is -0.399 e. The predicted molar refractivity (Wildman–Crippen MR) is 75.0 cm³/mol. The summed E-state index contributed by atoms with van der Waals surface area (Å²) in [6, 6.07) is 8.97. The summed E-state index contributed by atoms with van der Waals surface area (Å²) in [5.74, 6) is -0.951. The normalized spacial score (nSPS) is 10.3. The van der Waals surface area contributed by atoms with Crippen LogP contribution in [-0.2, 0) is 0 Å². The second kappa shape index (κ2) is 5.28. The van der Waals surface area contributed by atoms with Crippen molar-refractivity contribution in [2.24, 2.45) is 0 Å². The number of halogens is 2. The highest BCUT2D eigenvalue weighted by atomic mass is 35.5.